The number of nitrogens with zero attached hydrogens (tertiary/aromatic N) is 2. The van der Waals surface area contributed by atoms with Gasteiger partial charge in [0, 0.05) is 43.2 Å². The fraction of sp³-hybridized carbons (Fsp3) is 0.571. The van der Waals surface area contributed by atoms with Gasteiger partial charge in [-0.25, -0.2) is 0 Å². The molecule has 134 valence electrons. The number of piperazine rings is 1. The Bertz CT molecular complexity index is 766. The summed E-state index contributed by atoms with van der Waals surface area (Å²) >= 11 is 0. The average molecular weight is 340 g/mol. The van der Waals surface area contributed by atoms with Crippen molar-refractivity contribution in [3.8, 4) is 0 Å². The number of carbonyl (C=O) groups excluding carboxylic acids is 1. The number of furan rings is 1. The van der Waals surface area contributed by atoms with Crippen LogP contribution in [0.3, 0.4) is 0 Å². The van der Waals surface area contributed by atoms with Crippen LogP contribution in [0, 0.1) is 13.8 Å². The Kier molecular flexibility index (Phi) is 4.55. The summed E-state index contributed by atoms with van der Waals surface area (Å²) in [5, 5.41) is 1.08. The predicted molar refractivity (Wildman–Crippen MR) is 99.8 cm³/mol. The molecule has 2 aromatic rings. The predicted octanol–water partition coefficient (Wildman–Crippen LogP) is 3.68. The van der Waals surface area contributed by atoms with Crippen LogP contribution in [0.1, 0.15) is 42.4 Å². The number of rotatable bonds is 3. The van der Waals surface area contributed by atoms with Gasteiger partial charge in [0.15, 0.2) is 0 Å². The molecule has 0 N–H and O–H groups in total. The average Bonchev–Trinajstić information content (AvgIpc) is 3.27. The molecule has 1 aliphatic carbocycles. The first-order valence-corrected chi connectivity index (χ1v) is 9.61. The molecule has 4 heteroatoms. The van der Waals surface area contributed by atoms with E-state index in [9.17, 15) is 4.79 Å². The van der Waals surface area contributed by atoms with Crippen LogP contribution in [0.25, 0.3) is 11.0 Å². The first-order valence-electron chi connectivity index (χ1n) is 9.61. The van der Waals surface area contributed by atoms with Crippen molar-refractivity contribution in [2.75, 3.05) is 26.2 Å². The molecule has 25 heavy (non-hydrogen) atoms. The maximum absolute atomic E-state index is 12.8. The van der Waals surface area contributed by atoms with Crippen molar-refractivity contribution in [1.82, 2.24) is 9.80 Å². The molecule has 2 aliphatic rings. The normalized spacial score (nSPS) is 19.8. The summed E-state index contributed by atoms with van der Waals surface area (Å²) in [6.45, 7) is 7.98. The number of amides is 1. The molecule has 2 heterocycles. The summed E-state index contributed by atoms with van der Waals surface area (Å²) in [6, 6.07) is 4.98. The molecule has 1 saturated heterocycles. The summed E-state index contributed by atoms with van der Waals surface area (Å²) in [7, 11) is 0. The Hall–Kier alpha value is -1.81. The molecule has 0 unspecified atom stereocenters. The quantitative estimate of drug-likeness (QED) is 0.855. The molecule has 1 aromatic heterocycles. The van der Waals surface area contributed by atoms with Crippen molar-refractivity contribution in [2.24, 2.45) is 0 Å². The van der Waals surface area contributed by atoms with E-state index in [1.807, 2.05) is 4.90 Å². The molecule has 0 spiro atoms. The molecule has 4 nitrogen and oxygen atoms in total. The second-order valence-corrected chi connectivity index (χ2v) is 7.73. The fourth-order valence-electron chi connectivity index (χ4n) is 4.35. The van der Waals surface area contributed by atoms with E-state index in [0.717, 1.165) is 48.8 Å². The number of hydrogen-bond acceptors (Lipinski definition) is 3. The van der Waals surface area contributed by atoms with Gasteiger partial charge in [-0.1, -0.05) is 12.8 Å². The highest BCUT2D eigenvalue weighted by atomic mass is 16.3. The molecule has 0 bridgehead atoms. The molecule has 1 aliphatic heterocycles. The van der Waals surface area contributed by atoms with Crippen LogP contribution in [0.5, 0.6) is 0 Å². The third kappa shape index (κ3) is 3.32. The summed E-state index contributed by atoms with van der Waals surface area (Å²) < 4.78 is 5.68. The van der Waals surface area contributed by atoms with Crippen molar-refractivity contribution in [2.45, 2.75) is 52.0 Å². The number of benzene rings is 1. The van der Waals surface area contributed by atoms with Crippen LogP contribution in [-0.4, -0.2) is 47.9 Å². The van der Waals surface area contributed by atoms with E-state index in [2.05, 4.69) is 30.9 Å². The lowest BCUT2D eigenvalue weighted by Crippen LogP contribution is -2.51. The number of fused-ring (bicyclic) bond motifs is 1. The zero-order valence-electron chi connectivity index (χ0n) is 15.4. The second kappa shape index (κ2) is 6.83. The fourth-order valence-corrected chi connectivity index (χ4v) is 4.35. The van der Waals surface area contributed by atoms with Gasteiger partial charge >= 0.3 is 0 Å². The smallest absolute Gasteiger partial charge is 0.227 e. The second-order valence-electron chi connectivity index (χ2n) is 7.73. The van der Waals surface area contributed by atoms with Crippen molar-refractivity contribution < 1.29 is 9.21 Å². The summed E-state index contributed by atoms with van der Waals surface area (Å²) in [5.74, 6) is 0.229. The van der Waals surface area contributed by atoms with Gasteiger partial charge in [0.1, 0.15) is 5.58 Å². The van der Waals surface area contributed by atoms with Crippen molar-refractivity contribution in [1.29, 1.82) is 0 Å². The Balaban J connectivity index is 1.40. The topological polar surface area (TPSA) is 36.7 Å². The van der Waals surface area contributed by atoms with Gasteiger partial charge in [-0.15, -0.1) is 0 Å². The number of aryl methyl sites for hydroxylation is 2. The van der Waals surface area contributed by atoms with Crippen molar-refractivity contribution in [3.05, 3.63) is 35.1 Å². The highest BCUT2D eigenvalue weighted by Crippen LogP contribution is 2.27. The SMILES string of the molecule is Cc1cc2occ(CC(=O)N3CCN(C4CCCC4)CC3)c2cc1C. The maximum atomic E-state index is 12.8. The standard InChI is InChI=1S/C21H28N2O2/c1-15-11-19-17(14-25-20(19)12-16(15)2)13-21(24)23-9-7-22(8-10-23)18-5-3-4-6-18/h11-12,14,18H,3-10,13H2,1-2H3. The van der Waals surface area contributed by atoms with Crippen LogP contribution in [0.15, 0.2) is 22.8 Å². The van der Waals surface area contributed by atoms with Gasteiger partial charge in [0.2, 0.25) is 5.91 Å². The highest BCUT2D eigenvalue weighted by molar-refractivity contribution is 5.88. The Morgan fingerprint density at radius 3 is 2.48 bits per heavy atom. The van der Waals surface area contributed by atoms with E-state index in [0.29, 0.717) is 6.42 Å². The molecule has 1 amide bonds. The number of hydrogen-bond donors (Lipinski definition) is 0. The molecule has 0 atom stereocenters. The lowest BCUT2D eigenvalue weighted by molar-refractivity contribution is -0.132. The Labute approximate surface area is 149 Å². The zero-order valence-corrected chi connectivity index (χ0v) is 15.4. The van der Waals surface area contributed by atoms with Gasteiger partial charge in [-0.3, -0.25) is 9.69 Å². The summed E-state index contributed by atoms with van der Waals surface area (Å²) in [6.07, 6.45) is 7.63. The Morgan fingerprint density at radius 2 is 1.76 bits per heavy atom. The third-order valence-electron chi connectivity index (χ3n) is 6.12. The molecular weight excluding hydrogens is 312 g/mol. The minimum absolute atomic E-state index is 0.229. The van der Waals surface area contributed by atoms with Crippen molar-refractivity contribution >= 4 is 16.9 Å². The lowest BCUT2D eigenvalue weighted by atomic mass is 10.0. The van der Waals surface area contributed by atoms with E-state index in [4.69, 9.17) is 4.42 Å². The zero-order chi connectivity index (χ0) is 17.4. The van der Waals surface area contributed by atoms with Gasteiger partial charge in [-0.05, 0) is 49.9 Å². The first-order chi connectivity index (χ1) is 12.1. The lowest BCUT2D eigenvalue weighted by Gasteiger charge is -2.38. The van der Waals surface area contributed by atoms with E-state index >= 15 is 0 Å². The van der Waals surface area contributed by atoms with Gasteiger partial charge in [0.25, 0.3) is 0 Å². The van der Waals surface area contributed by atoms with Gasteiger partial charge in [0.05, 0.1) is 12.7 Å². The highest BCUT2D eigenvalue weighted by Gasteiger charge is 2.28. The summed E-state index contributed by atoms with van der Waals surface area (Å²) in [5.41, 5.74) is 4.37. The minimum atomic E-state index is 0.229. The molecular formula is C21H28N2O2. The van der Waals surface area contributed by atoms with E-state index in [-0.39, 0.29) is 5.91 Å². The Morgan fingerprint density at radius 1 is 1.08 bits per heavy atom. The van der Waals surface area contributed by atoms with Gasteiger partial charge in [-0.2, -0.15) is 0 Å². The monoisotopic (exact) mass is 340 g/mol. The van der Waals surface area contributed by atoms with Crippen LogP contribution in [0.4, 0.5) is 0 Å². The summed E-state index contributed by atoms with van der Waals surface area (Å²) in [4.78, 5) is 17.4. The van der Waals surface area contributed by atoms with E-state index in [1.54, 1.807) is 6.26 Å². The molecule has 4 rings (SSSR count). The maximum Gasteiger partial charge on any atom is 0.227 e. The van der Waals surface area contributed by atoms with Crippen LogP contribution >= 0.6 is 0 Å². The van der Waals surface area contributed by atoms with Crippen LogP contribution in [-0.2, 0) is 11.2 Å². The first kappa shape index (κ1) is 16.6. The number of carbonyl (C=O) groups is 1. The van der Waals surface area contributed by atoms with Crippen LogP contribution in [0.2, 0.25) is 0 Å². The minimum Gasteiger partial charge on any atom is -0.464 e. The van der Waals surface area contributed by atoms with Crippen molar-refractivity contribution in [3.63, 3.8) is 0 Å². The largest absolute Gasteiger partial charge is 0.464 e. The molecule has 2 fully saturated rings. The van der Waals surface area contributed by atoms with Crippen LogP contribution < -0.4 is 0 Å². The molecule has 1 saturated carbocycles. The van der Waals surface area contributed by atoms with E-state index < -0.39 is 0 Å². The molecule has 1 aromatic carbocycles. The third-order valence-corrected chi connectivity index (χ3v) is 6.12. The molecule has 0 radical (unpaired) electrons. The van der Waals surface area contributed by atoms with E-state index in [1.165, 1.54) is 36.8 Å². The van der Waals surface area contributed by atoms with Gasteiger partial charge < -0.3 is 9.32 Å².